The largest absolute Gasteiger partial charge is 0.390 e. The summed E-state index contributed by atoms with van der Waals surface area (Å²) in [5, 5.41) is 9.45. The third kappa shape index (κ3) is 3.19. The van der Waals surface area contributed by atoms with Crippen LogP contribution < -0.4 is 0 Å². The first-order valence-corrected chi connectivity index (χ1v) is 3.76. The van der Waals surface area contributed by atoms with E-state index in [2.05, 4.69) is 6.07 Å². The van der Waals surface area contributed by atoms with Gasteiger partial charge in [-0.3, -0.25) is 0 Å². The summed E-state index contributed by atoms with van der Waals surface area (Å²) in [6.07, 6.45) is 0.661. The molecule has 0 saturated carbocycles. The van der Waals surface area contributed by atoms with Crippen molar-refractivity contribution >= 4 is 0 Å². The van der Waals surface area contributed by atoms with Crippen LogP contribution in [0.1, 0.15) is 19.4 Å². The normalized spacial score (nSPS) is 11.5. The summed E-state index contributed by atoms with van der Waals surface area (Å²) in [7, 11) is 0. The standard InChI is InChI=1S/C10H13O/c1-10(2,11)8-9-6-4-3-5-7-9/h3-6,11H,8H2,1-2H3. The Hall–Kier alpha value is -0.820. The molecule has 0 aliphatic heterocycles. The minimum atomic E-state index is -0.627. The average molecular weight is 149 g/mol. The molecule has 0 atom stereocenters. The fraction of sp³-hybridized carbons (Fsp3) is 0.400. The zero-order valence-electron chi connectivity index (χ0n) is 6.96. The van der Waals surface area contributed by atoms with Crippen molar-refractivity contribution in [3.63, 3.8) is 0 Å². The number of aliphatic hydroxyl groups is 1. The van der Waals surface area contributed by atoms with Crippen molar-refractivity contribution in [2.24, 2.45) is 0 Å². The van der Waals surface area contributed by atoms with E-state index in [0.29, 0.717) is 6.42 Å². The van der Waals surface area contributed by atoms with Crippen molar-refractivity contribution < 1.29 is 5.11 Å². The zero-order chi connectivity index (χ0) is 8.32. The van der Waals surface area contributed by atoms with Crippen molar-refractivity contribution in [3.05, 3.63) is 35.9 Å². The van der Waals surface area contributed by atoms with E-state index in [0.717, 1.165) is 5.56 Å². The lowest BCUT2D eigenvalue weighted by molar-refractivity contribution is 0.0809. The molecule has 0 aromatic heterocycles. The summed E-state index contributed by atoms with van der Waals surface area (Å²) in [6, 6.07) is 10.8. The van der Waals surface area contributed by atoms with Gasteiger partial charge in [-0.2, -0.15) is 0 Å². The molecule has 0 aliphatic carbocycles. The molecule has 0 amide bonds. The van der Waals surface area contributed by atoms with Gasteiger partial charge < -0.3 is 5.11 Å². The second kappa shape index (κ2) is 3.05. The Morgan fingerprint density at radius 1 is 1.45 bits per heavy atom. The van der Waals surface area contributed by atoms with Crippen LogP contribution in [0.5, 0.6) is 0 Å². The van der Waals surface area contributed by atoms with Gasteiger partial charge in [-0.05, 0) is 25.5 Å². The molecule has 1 nitrogen and oxygen atoms in total. The Balaban J connectivity index is 2.66. The van der Waals surface area contributed by atoms with Crippen molar-refractivity contribution in [1.29, 1.82) is 0 Å². The van der Waals surface area contributed by atoms with Crippen molar-refractivity contribution in [1.82, 2.24) is 0 Å². The van der Waals surface area contributed by atoms with E-state index in [9.17, 15) is 5.11 Å². The molecule has 1 radical (unpaired) electrons. The van der Waals surface area contributed by atoms with Gasteiger partial charge >= 0.3 is 0 Å². The highest BCUT2D eigenvalue weighted by molar-refractivity contribution is 5.14. The Morgan fingerprint density at radius 2 is 2.18 bits per heavy atom. The topological polar surface area (TPSA) is 20.2 Å². The van der Waals surface area contributed by atoms with Crippen molar-refractivity contribution in [3.8, 4) is 0 Å². The van der Waals surface area contributed by atoms with Crippen LogP contribution in [-0.2, 0) is 6.42 Å². The van der Waals surface area contributed by atoms with Gasteiger partial charge in [0, 0.05) is 6.42 Å². The molecule has 1 N–H and O–H groups in total. The minimum absolute atomic E-state index is 0.627. The molecular weight excluding hydrogens is 136 g/mol. The first kappa shape index (κ1) is 8.28. The first-order chi connectivity index (χ1) is 5.08. The summed E-state index contributed by atoms with van der Waals surface area (Å²) >= 11 is 0. The summed E-state index contributed by atoms with van der Waals surface area (Å²) in [4.78, 5) is 0. The van der Waals surface area contributed by atoms with E-state index >= 15 is 0 Å². The van der Waals surface area contributed by atoms with Crippen LogP contribution in [0, 0.1) is 6.07 Å². The zero-order valence-corrected chi connectivity index (χ0v) is 6.96. The molecule has 0 spiro atoms. The van der Waals surface area contributed by atoms with Crippen molar-refractivity contribution in [2.45, 2.75) is 25.9 Å². The monoisotopic (exact) mass is 149 g/mol. The molecule has 1 aromatic carbocycles. The first-order valence-electron chi connectivity index (χ1n) is 3.76. The summed E-state index contributed by atoms with van der Waals surface area (Å²) < 4.78 is 0. The second-order valence-electron chi connectivity index (χ2n) is 3.38. The highest BCUT2D eigenvalue weighted by Crippen LogP contribution is 2.10. The van der Waals surface area contributed by atoms with Crippen LogP contribution in [0.2, 0.25) is 0 Å². The molecular formula is C10H13O. The van der Waals surface area contributed by atoms with Crippen LogP contribution in [-0.4, -0.2) is 10.7 Å². The van der Waals surface area contributed by atoms with Gasteiger partial charge in [0.1, 0.15) is 0 Å². The Morgan fingerprint density at radius 3 is 2.64 bits per heavy atom. The van der Waals surface area contributed by atoms with Crippen LogP contribution in [0.4, 0.5) is 0 Å². The predicted molar refractivity (Wildman–Crippen MR) is 45.3 cm³/mol. The number of rotatable bonds is 2. The lowest BCUT2D eigenvalue weighted by Crippen LogP contribution is -2.21. The molecule has 59 valence electrons. The molecule has 0 bridgehead atoms. The van der Waals surface area contributed by atoms with Gasteiger partial charge in [-0.25, -0.2) is 0 Å². The molecule has 0 heterocycles. The van der Waals surface area contributed by atoms with E-state index in [-0.39, 0.29) is 0 Å². The Labute approximate surface area is 67.7 Å². The quantitative estimate of drug-likeness (QED) is 0.679. The fourth-order valence-corrected chi connectivity index (χ4v) is 1.01. The highest BCUT2D eigenvalue weighted by atomic mass is 16.3. The molecule has 0 fully saturated rings. The predicted octanol–water partition coefficient (Wildman–Crippen LogP) is 1.80. The maximum Gasteiger partial charge on any atom is 0.0632 e. The van der Waals surface area contributed by atoms with Gasteiger partial charge in [-0.1, -0.05) is 24.3 Å². The SMILES string of the molecule is CC(C)(O)Cc1[c]cccc1. The van der Waals surface area contributed by atoms with E-state index in [1.54, 1.807) is 13.8 Å². The minimum Gasteiger partial charge on any atom is -0.390 e. The van der Waals surface area contributed by atoms with E-state index in [1.165, 1.54) is 0 Å². The Bertz CT molecular complexity index is 208. The fourth-order valence-electron chi connectivity index (χ4n) is 1.01. The number of benzene rings is 1. The smallest absolute Gasteiger partial charge is 0.0632 e. The molecule has 11 heavy (non-hydrogen) atoms. The molecule has 0 saturated heterocycles. The van der Waals surface area contributed by atoms with E-state index < -0.39 is 5.60 Å². The Kier molecular flexibility index (Phi) is 2.30. The molecule has 1 aromatic rings. The summed E-state index contributed by atoms with van der Waals surface area (Å²) in [5.41, 5.74) is 0.428. The van der Waals surface area contributed by atoms with Gasteiger partial charge in [0.2, 0.25) is 0 Å². The third-order valence-electron chi connectivity index (χ3n) is 1.40. The lowest BCUT2D eigenvalue weighted by Gasteiger charge is -2.16. The molecule has 1 rings (SSSR count). The number of hydrogen-bond acceptors (Lipinski definition) is 1. The average Bonchev–Trinajstić information content (AvgIpc) is 1.85. The highest BCUT2D eigenvalue weighted by Gasteiger charge is 2.12. The van der Waals surface area contributed by atoms with Crippen molar-refractivity contribution in [2.75, 3.05) is 0 Å². The molecule has 1 heteroatoms. The maximum absolute atomic E-state index is 9.45. The summed E-state index contributed by atoms with van der Waals surface area (Å²) in [6.45, 7) is 3.60. The van der Waals surface area contributed by atoms with Gasteiger partial charge in [0.05, 0.1) is 5.60 Å². The van der Waals surface area contributed by atoms with Crippen LogP contribution >= 0.6 is 0 Å². The van der Waals surface area contributed by atoms with Crippen LogP contribution in [0.25, 0.3) is 0 Å². The van der Waals surface area contributed by atoms with Gasteiger partial charge in [-0.15, -0.1) is 0 Å². The second-order valence-corrected chi connectivity index (χ2v) is 3.38. The van der Waals surface area contributed by atoms with Crippen LogP contribution in [0.3, 0.4) is 0 Å². The maximum atomic E-state index is 9.45. The number of hydrogen-bond donors (Lipinski definition) is 1. The van der Waals surface area contributed by atoms with Gasteiger partial charge in [0.15, 0.2) is 0 Å². The van der Waals surface area contributed by atoms with Crippen LogP contribution in [0.15, 0.2) is 24.3 Å². The molecule has 0 unspecified atom stereocenters. The van der Waals surface area contributed by atoms with E-state index in [4.69, 9.17) is 0 Å². The molecule has 0 aliphatic rings. The van der Waals surface area contributed by atoms with E-state index in [1.807, 2.05) is 24.3 Å². The third-order valence-corrected chi connectivity index (χ3v) is 1.40. The lowest BCUT2D eigenvalue weighted by atomic mass is 9.99. The summed E-state index contributed by atoms with van der Waals surface area (Å²) in [5.74, 6) is 0. The van der Waals surface area contributed by atoms with Gasteiger partial charge in [0.25, 0.3) is 0 Å².